The molecule has 4 N–H and O–H groups in total. The highest BCUT2D eigenvalue weighted by Gasteiger charge is 2.51. The summed E-state index contributed by atoms with van der Waals surface area (Å²) in [5, 5.41) is 10.8. The Morgan fingerprint density at radius 1 is 0.789 bits per heavy atom. The molecule has 4 saturated carbocycles. The van der Waals surface area contributed by atoms with Crippen LogP contribution < -0.4 is 15.8 Å². The fraction of sp³-hybridized carbons (Fsp3) is 0.704. The van der Waals surface area contributed by atoms with Crippen molar-refractivity contribution in [3.8, 4) is 0 Å². The molecular formula is C27H41N3O7S. The topological polar surface area (TPSA) is 146 Å². The van der Waals surface area contributed by atoms with Gasteiger partial charge in [0.05, 0.1) is 44.5 Å². The van der Waals surface area contributed by atoms with Gasteiger partial charge in [-0.15, -0.1) is 0 Å². The molecule has 1 aromatic rings. The predicted molar refractivity (Wildman–Crippen MR) is 141 cm³/mol. The number of nitrogens with two attached hydrogens (primary N) is 1. The first kappa shape index (κ1) is 28.9. The van der Waals surface area contributed by atoms with Crippen LogP contribution in [0.15, 0.2) is 29.2 Å². The van der Waals surface area contributed by atoms with Crippen molar-refractivity contribution in [2.75, 3.05) is 52.7 Å². The Hall–Kier alpha value is -2.05. The molecule has 4 bridgehead atoms. The van der Waals surface area contributed by atoms with Gasteiger partial charge in [0.15, 0.2) is 0 Å². The molecule has 0 aromatic heterocycles. The third-order valence-corrected chi connectivity index (χ3v) is 8.92. The Morgan fingerprint density at radius 3 is 1.76 bits per heavy atom. The number of hydrogen-bond donors (Lipinski definition) is 3. The Kier molecular flexibility index (Phi) is 10.2. The second-order valence-corrected chi connectivity index (χ2v) is 12.7. The summed E-state index contributed by atoms with van der Waals surface area (Å²) in [6, 6.07) is 5.40. The number of sulfonamides is 1. The van der Waals surface area contributed by atoms with Crippen LogP contribution in [0.5, 0.6) is 0 Å². The van der Waals surface area contributed by atoms with Gasteiger partial charge < -0.3 is 24.8 Å². The quantitative estimate of drug-likeness (QED) is 0.266. The number of primary sulfonamides is 1. The van der Waals surface area contributed by atoms with Gasteiger partial charge in [-0.3, -0.25) is 9.59 Å². The minimum Gasteiger partial charge on any atom is -0.377 e. The van der Waals surface area contributed by atoms with E-state index >= 15 is 0 Å². The fourth-order valence-electron chi connectivity index (χ4n) is 6.85. The van der Waals surface area contributed by atoms with Crippen LogP contribution in [0.4, 0.5) is 0 Å². The molecule has 4 fully saturated rings. The minimum absolute atomic E-state index is 0.0445. The summed E-state index contributed by atoms with van der Waals surface area (Å²) < 4.78 is 39.0. The highest BCUT2D eigenvalue weighted by atomic mass is 32.2. The molecular weight excluding hydrogens is 510 g/mol. The van der Waals surface area contributed by atoms with Crippen LogP contribution in [0.1, 0.15) is 55.3 Å². The van der Waals surface area contributed by atoms with Crippen LogP contribution >= 0.6 is 0 Å². The van der Waals surface area contributed by atoms with Crippen LogP contribution in [0.25, 0.3) is 0 Å². The van der Waals surface area contributed by atoms with Crippen molar-refractivity contribution in [3.05, 3.63) is 29.8 Å². The summed E-state index contributed by atoms with van der Waals surface area (Å²) in [7, 11) is -3.78. The van der Waals surface area contributed by atoms with Crippen molar-refractivity contribution in [2.45, 2.75) is 49.8 Å². The summed E-state index contributed by atoms with van der Waals surface area (Å²) >= 11 is 0. The van der Waals surface area contributed by atoms with Gasteiger partial charge in [-0.05, 0) is 86.0 Å². The number of nitrogens with one attached hydrogen (secondary N) is 2. The Morgan fingerprint density at radius 2 is 1.26 bits per heavy atom. The highest BCUT2D eigenvalue weighted by Crippen LogP contribution is 2.61. The largest absolute Gasteiger partial charge is 0.377 e. The monoisotopic (exact) mass is 551 g/mol. The van der Waals surface area contributed by atoms with Crippen molar-refractivity contribution in [3.63, 3.8) is 0 Å². The van der Waals surface area contributed by atoms with Crippen LogP contribution in [0.3, 0.4) is 0 Å². The van der Waals surface area contributed by atoms with Crippen LogP contribution in [-0.2, 0) is 29.0 Å². The molecule has 0 atom stereocenters. The third kappa shape index (κ3) is 8.47. The van der Waals surface area contributed by atoms with E-state index in [9.17, 15) is 18.0 Å². The van der Waals surface area contributed by atoms with E-state index in [2.05, 4.69) is 10.6 Å². The standard InChI is InChI=1S/C27H41N3O7S/c28-38(33,34)24-3-1-23(2-4-24)26(32)30-6-8-36-10-12-37-11-9-35-7-5-29-25(31)19-27-16-20-13-21(17-27)15-22(14-20)18-27/h1-4,20-22H,5-19H2,(H,29,31)(H,30,32)(H2,28,33,34). The molecule has 38 heavy (non-hydrogen) atoms. The molecule has 4 aliphatic carbocycles. The Labute approximate surface area is 225 Å². The molecule has 0 radical (unpaired) electrons. The zero-order valence-corrected chi connectivity index (χ0v) is 22.8. The first-order chi connectivity index (χ1) is 18.2. The molecule has 10 nitrogen and oxygen atoms in total. The number of ether oxygens (including phenoxy) is 3. The second kappa shape index (κ2) is 13.3. The van der Waals surface area contributed by atoms with Crippen LogP contribution in [0.2, 0.25) is 0 Å². The van der Waals surface area contributed by atoms with Gasteiger partial charge in [0.2, 0.25) is 15.9 Å². The number of benzene rings is 1. The van der Waals surface area contributed by atoms with Crippen molar-refractivity contribution >= 4 is 21.8 Å². The third-order valence-electron chi connectivity index (χ3n) is 7.99. The molecule has 212 valence electrons. The van der Waals surface area contributed by atoms with E-state index in [0.29, 0.717) is 64.7 Å². The van der Waals surface area contributed by atoms with E-state index in [1.54, 1.807) is 0 Å². The molecule has 2 amide bonds. The minimum atomic E-state index is -3.78. The molecule has 5 rings (SSSR count). The molecule has 0 unspecified atom stereocenters. The number of amides is 2. The molecule has 0 saturated heterocycles. The van der Waals surface area contributed by atoms with Gasteiger partial charge in [0, 0.05) is 25.1 Å². The summed E-state index contributed by atoms with van der Waals surface area (Å²) in [4.78, 5) is 24.5. The smallest absolute Gasteiger partial charge is 0.251 e. The maximum atomic E-state index is 12.5. The van der Waals surface area contributed by atoms with E-state index in [-0.39, 0.29) is 22.1 Å². The summed E-state index contributed by atoms with van der Waals surface area (Å²) in [5.41, 5.74) is 0.605. The van der Waals surface area contributed by atoms with Crippen LogP contribution in [-0.4, -0.2) is 73.0 Å². The Balaban J connectivity index is 0.939. The predicted octanol–water partition coefficient (Wildman–Crippen LogP) is 1.84. The first-order valence-corrected chi connectivity index (χ1v) is 15.2. The zero-order chi connectivity index (χ0) is 27.0. The molecule has 1 aromatic carbocycles. The number of carbonyl (C=O) groups is 2. The molecule has 0 spiro atoms. The number of hydrogen-bond acceptors (Lipinski definition) is 7. The average molecular weight is 552 g/mol. The number of carbonyl (C=O) groups excluding carboxylic acids is 2. The fourth-order valence-corrected chi connectivity index (χ4v) is 7.36. The second-order valence-electron chi connectivity index (χ2n) is 11.1. The highest BCUT2D eigenvalue weighted by molar-refractivity contribution is 7.89. The van der Waals surface area contributed by atoms with E-state index in [4.69, 9.17) is 19.3 Å². The van der Waals surface area contributed by atoms with Gasteiger partial charge in [-0.25, -0.2) is 13.6 Å². The van der Waals surface area contributed by atoms with E-state index in [0.717, 1.165) is 17.8 Å². The van der Waals surface area contributed by atoms with Gasteiger partial charge in [0.25, 0.3) is 5.91 Å². The zero-order valence-electron chi connectivity index (χ0n) is 22.0. The van der Waals surface area contributed by atoms with E-state index in [1.807, 2.05) is 0 Å². The lowest BCUT2D eigenvalue weighted by Gasteiger charge is -2.56. The van der Waals surface area contributed by atoms with Gasteiger partial charge >= 0.3 is 0 Å². The maximum Gasteiger partial charge on any atom is 0.251 e. The number of rotatable bonds is 16. The molecule has 0 aliphatic heterocycles. The van der Waals surface area contributed by atoms with Crippen molar-refractivity contribution in [2.24, 2.45) is 28.3 Å². The lowest BCUT2D eigenvalue weighted by molar-refractivity contribution is -0.129. The SMILES string of the molecule is NS(=O)(=O)c1ccc(C(=O)NCCOCCOCCOCCNC(=O)CC23CC4CC(CC(C4)C2)C3)cc1. The molecule has 0 heterocycles. The van der Waals surface area contributed by atoms with Crippen molar-refractivity contribution < 1.29 is 32.2 Å². The van der Waals surface area contributed by atoms with Gasteiger partial charge in [-0.2, -0.15) is 0 Å². The molecule has 4 aliphatic rings. The lowest BCUT2D eigenvalue weighted by Crippen LogP contribution is -2.48. The van der Waals surface area contributed by atoms with Crippen molar-refractivity contribution in [1.29, 1.82) is 0 Å². The van der Waals surface area contributed by atoms with Crippen LogP contribution in [0, 0.1) is 23.2 Å². The van der Waals surface area contributed by atoms with Crippen molar-refractivity contribution in [1.82, 2.24) is 10.6 Å². The van der Waals surface area contributed by atoms with Gasteiger partial charge in [-0.1, -0.05) is 0 Å². The maximum absolute atomic E-state index is 12.5. The van der Waals surface area contributed by atoms with Gasteiger partial charge in [0.1, 0.15) is 0 Å². The Bertz CT molecular complexity index is 1010. The first-order valence-electron chi connectivity index (χ1n) is 13.6. The summed E-state index contributed by atoms with van der Waals surface area (Å²) in [6.45, 7) is 3.32. The lowest BCUT2D eigenvalue weighted by atomic mass is 9.49. The van der Waals surface area contributed by atoms with E-state index in [1.165, 1.54) is 62.8 Å². The summed E-state index contributed by atoms with van der Waals surface area (Å²) in [5.74, 6) is 2.42. The van der Waals surface area contributed by atoms with E-state index < -0.39 is 10.0 Å². The molecule has 11 heteroatoms. The normalized spacial score (nSPS) is 25.9. The summed E-state index contributed by atoms with van der Waals surface area (Å²) in [6.07, 6.45) is 8.61. The average Bonchev–Trinajstić information content (AvgIpc) is 2.85.